The van der Waals surface area contributed by atoms with Crippen LogP contribution in [0.25, 0.3) is 0 Å². The minimum absolute atomic E-state index is 0.468. The minimum Gasteiger partial charge on any atom is -0.317 e. The summed E-state index contributed by atoms with van der Waals surface area (Å²) in [5, 5.41) is 3.89. The van der Waals surface area contributed by atoms with Gasteiger partial charge in [-0.1, -0.05) is 29.8 Å². The Morgan fingerprint density at radius 1 is 1.19 bits per heavy atom. The van der Waals surface area contributed by atoms with Gasteiger partial charge >= 0.3 is 0 Å². The van der Waals surface area contributed by atoms with Gasteiger partial charge in [-0.3, -0.25) is 14.7 Å². The van der Waals surface area contributed by atoms with E-state index < -0.39 is 0 Å². The number of rotatable bonds is 3. The van der Waals surface area contributed by atoms with Crippen LogP contribution in [0.4, 0.5) is 11.4 Å². The quantitative estimate of drug-likeness (QED) is 0.820. The monoisotopic (exact) mass is 367 g/mol. The summed E-state index contributed by atoms with van der Waals surface area (Å²) in [4.78, 5) is 18.2. The van der Waals surface area contributed by atoms with Gasteiger partial charge in [0, 0.05) is 13.5 Å². The Balaban J connectivity index is 1.82. The van der Waals surface area contributed by atoms with E-state index in [4.69, 9.17) is 11.6 Å². The summed E-state index contributed by atoms with van der Waals surface area (Å²) in [5.41, 5.74) is 5.03. The molecule has 2 aliphatic rings. The van der Waals surface area contributed by atoms with E-state index in [1.54, 1.807) is 13.1 Å². The molecule has 0 radical (unpaired) electrons. The highest BCUT2D eigenvalue weighted by molar-refractivity contribution is 6.34. The Morgan fingerprint density at radius 2 is 2.00 bits per heavy atom. The molecule has 0 saturated carbocycles. The third kappa shape index (κ3) is 2.93. The number of carbonyl (C=O) groups excluding carboxylic acids is 1. The van der Waals surface area contributed by atoms with E-state index in [-0.39, 0.29) is 0 Å². The van der Waals surface area contributed by atoms with Gasteiger partial charge in [0.25, 0.3) is 0 Å². The second-order valence-electron chi connectivity index (χ2n) is 6.85. The maximum absolute atomic E-state index is 11.7. The van der Waals surface area contributed by atoms with Gasteiger partial charge in [0.2, 0.25) is 0 Å². The first-order chi connectivity index (χ1) is 12.7. The van der Waals surface area contributed by atoms with Gasteiger partial charge in [0.15, 0.2) is 6.29 Å². The molecule has 26 heavy (non-hydrogen) atoms. The Kier molecular flexibility index (Phi) is 4.79. The molecule has 1 N–H and O–H groups in total. The fourth-order valence-corrected chi connectivity index (χ4v) is 4.24. The van der Waals surface area contributed by atoms with Crippen LogP contribution in [0, 0.1) is 0 Å². The third-order valence-electron chi connectivity index (χ3n) is 5.41. The molecule has 0 amide bonds. The molecular formula is C21H22ClN3O. The summed E-state index contributed by atoms with van der Waals surface area (Å²) in [6, 6.07) is 12.3. The fourth-order valence-electron chi connectivity index (χ4n) is 4.02. The predicted octanol–water partition coefficient (Wildman–Crippen LogP) is 4.34. The van der Waals surface area contributed by atoms with Gasteiger partial charge in [0.05, 0.1) is 22.0 Å². The van der Waals surface area contributed by atoms with Crippen LogP contribution in [-0.4, -0.2) is 32.3 Å². The maximum atomic E-state index is 11.7. The molecule has 1 saturated heterocycles. The molecule has 0 unspecified atom stereocenters. The fraction of sp³-hybridized carbons (Fsp3) is 0.333. The Morgan fingerprint density at radius 3 is 2.73 bits per heavy atom. The number of piperidine rings is 1. The first-order valence-electron chi connectivity index (χ1n) is 9.06. The summed E-state index contributed by atoms with van der Waals surface area (Å²) < 4.78 is 0. The van der Waals surface area contributed by atoms with E-state index in [2.05, 4.69) is 33.4 Å². The summed E-state index contributed by atoms with van der Waals surface area (Å²) in [6.45, 7) is 2.13. The van der Waals surface area contributed by atoms with E-state index in [0.717, 1.165) is 55.8 Å². The van der Waals surface area contributed by atoms with Crippen LogP contribution in [0.5, 0.6) is 0 Å². The average molecular weight is 368 g/mol. The van der Waals surface area contributed by atoms with Gasteiger partial charge in [-0.2, -0.15) is 0 Å². The zero-order chi connectivity index (χ0) is 18.1. The van der Waals surface area contributed by atoms with Crippen molar-refractivity contribution >= 4 is 35.1 Å². The van der Waals surface area contributed by atoms with Crippen LogP contribution >= 0.6 is 11.6 Å². The molecule has 4 nitrogen and oxygen atoms in total. The highest BCUT2D eigenvalue weighted by Gasteiger charge is 2.29. The van der Waals surface area contributed by atoms with Gasteiger partial charge in [-0.05, 0) is 61.2 Å². The van der Waals surface area contributed by atoms with Gasteiger partial charge in [0.1, 0.15) is 5.84 Å². The lowest BCUT2D eigenvalue weighted by atomic mass is 9.89. The van der Waals surface area contributed by atoms with Gasteiger partial charge in [-0.25, -0.2) is 0 Å². The zero-order valence-corrected chi connectivity index (χ0v) is 15.6. The average Bonchev–Trinajstić information content (AvgIpc) is 3.06. The standard InChI is InChI=1S/C21H22ClN3O/c1-23-21-12-16-6-5-15(14-7-9-24-10-8-14)11-20(16)25(21)19-4-2-3-18(22)17(19)13-26/h2-6,11,13-14,24H,7-10,12H2,1H3. The van der Waals surface area contributed by atoms with Crippen molar-refractivity contribution in [2.75, 3.05) is 25.0 Å². The maximum Gasteiger partial charge on any atom is 0.153 e. The lowest BCUT2D eigenvalue weighted by molar-refractivity contribution is 0.112. The van der Waals surface area contributed by atoms with Crippen molar-refractivity contribution in [2.24, 2.45) is 4.99 Å². The van der Waals surface area contributed by atoms with Crippen molar-refractivity contribution in [3.05, 3.63) is 58.1 Å². The van der Waals surface area contributed by atoms with Crippen LogP contribution in [0.1, 0.15) is 40.2 Å². The first-order valence-corrected chi connectivity index (χ1v) is 9.43. The highest BCUT2D eigenvalue weighted by atomic mass is 35.5. The van der Waals surface area contributed by atoms with Crippen molar-refractivity contribution in [1.82, 2.24) is 5.32 Å². The second-order valence-corrected chi connectivity index (χ2v) is 7.26. The number of benzene rings is 2. The molecular weight excluding hydrogens is 346 g/mol. The van der Waals surface area contributed by atoms with Crippen molar-refractivity contribution < 1.29 is 4.79 Å². The van der Waals surface area contributed by atoms with Crippen molar-refractivity contribution in [3.8, 4) is 0 Å². The number of fused-ring (bicyclic) bond motifs is 1. The summed E-state index contributed by atoms with van der Waals surface area (Å²) >= 11 is 6.27. The van der Waals surface area contributed by atoms with Crippen molar-refractivity contribution in [3.63, 3.8) is 0 Å². The molecule has 5 heteroatoms. The number of aliphatic imine (C=N–C) groups is 1. The summed E-state index contributed by atoms with van der Waals surface area (Å²) in [7, 11) is 1.80. The number of carbonyl (C=O) groups is 1. The van der Waals surface area contributed by atoms with Crippen LogP contribution in [0.2, 0.25) is 5.02 Å². The van der Waals surface area contributed by atoms with E-state index in [9.17, 15) is 4.79 Å². The molecule has 0 aliphatic carbocycles. The van der Waals surface area contributed by atoms with Crippen LogP contribution < -0.4 is 10.2 Å². The van der Waals surface area contributed by atoms with Gasteiger partial charge in [-0.15, -0.1) is 0 Å². The van der Waals surface area contributed by atoms with Gasteiger partial charge < -0.3 is 5.32 Å². The molecule has 2 aromatic rings. The zero-order valence-electron chi connectivity index (χ0n) is 14.8. The van der Waals surface area contributed by atoms with Crippen LogP contribution in [-0.2, 0) is 6.42 Å². The lowest BCUT2D eigenvalue weighted by Gasteiger charge is -2.26. The van der Waals surface area contributed by atoms with Crippen molar-refractivity contribution in [2.45, 2.75) is 25.2 Å². The molecule has 2 heterocycles. The predicted molar refractivity (Wildman–Crippen MR) is 107 cm³/mol. The molecule has 0 aromatic heterocycles. The normalized spacial score (nSPS) is 19.0. The number of aldehydes is 1. The Labute approximate surface area is 158 Å². The highest BCUT2D eigenvalue weighted by Crippen LogP contribution is 2.41. The first kappa shape index (κ1) is 17.3. The topological polar surface area (TPSA) is 44.7 Å². The van der Waals surface area contributed by atoms with E-state index >= 15 is 0 Å². The lowest BCUT2D eigenvalue weighted by Crippen LogP contribution is -2.26. The largest absolute Gasteiger partial charge is 0.317 e. The number of hydrogen-bond donors (Lipinski definition) is 1. The molecule has 0 atom stereocenters. The minimum atomic E-state index is 0.468. The Hall–Kier alpha value is -2.17. The molecule has 0 bridgehead atoms. The molecule has 2 aromatic carbocycles. The molecule has 1 fully saturated rings. The SMILES string of the molecule is CN=C1Cc2ccc(C3CCNCC3)cc2N1c1cccc(Cl)c1C=O. The second kappa shape index (κ2) is 7.22. The van der Waals surface area contributed by atoms with Crippen LogP contribution in [0.15, 0.2) is 41.4 Å². The number of halogens is 1. The third-order valence-corrected chi connectivity index (χ3v) is 5.74. The number of amidine groups is 1. The number of anilines is 2. The van der Waals surface area contributed by atoms with E-state index in [1.807, 2.05) is 12.1 Å². The van der Waals surface area contributed by atoms with E-state index in [0.29, 0.717) is 16.5 Å². The smallest absolute Gasteiger partial charge is 0.153 e. The summed E-state index contributed by atoms with van der Waals surface area (Å²) in [5.74, 6) is 1.52. The molecule has 0 spiro atoms. The molecule has 2 aliphatic heterocycles. The number of nitrogens with zero attached hydrogens (tertiary/aromatic N) is 2. The summed E-state index contributed by atoms with van der Waals surface area (Å²) in [6.07, 6.45) is 3.91. The molecule has 4 rings (SSSR count). The number of hydrogen-bond acceptors (Lipinski definition) is 3. The van der Waals surface area contributed by atoms with Crippen molar-refractivity contribution in [1.29, 1.82) is 0 Å². The Bertz CT molecular complexity index is 872. The van der Waals surface area contributed by atoms with E-state index in [1.165, 1.54) is 11.1 Å². The van der Waals surface area contributed by atoms with Crippen LogP contribution in [0.3, 0.4) is 0 Å². The number of nitrogens with one attached hydrogen (secondary N) is 1. The molecule has 134 valence electrons.